The number of aromatic nitrogens is 2. The van der Waals surface area contributed by atoms with Crippen LogP contribution in [0.4, 0.5) is 0 Å². The normalized spacial score (nSPS) is 16.5. The van der Waals surface area contributed by atoms with Gasteiger partial charge in [-0.15, -0.1) is 22.7 Å². The highest BCUT2D eigenvalue weighted by molar-refractivity contribution is 8.13. The minimum atomic E-state index is -0.251. The van der Waals surface area contributed by atoms with E-state index in [1.54, 1.807) is 31.1 Å². The van der Waals surface area contributed by atoms with Crippen LogP contribution in [0.15, 0.2) is 52.9 Å². The second kappa shape index (κ2) is 10.1. The lowest BCUT2D eigenvalue weighted by molar-refractivity contribution is -0.114. The third-order valence-electron chi connectivity index (χ3n) is 4.98. The molecule has 0 fully saturated rings. The van der Waals surface area contributed by atoms with Crippen molar-refractivity contribution in [3.63, 3.8) is 0 Å². The van der Waals surface area contributed by atoms with Gasteiger partial charge in [0.05, 0.1) is 12.6 Å². The second-order valence-corrected chi connectivity index (χ2v) is 11.7. The Hall–Kier alpha value is -1.71. The molecule has 0 aliphatic carbocycles. The molecule has 0 saturated carbocycles. The summed E-state index contributed by atoms with van der Waals surface area (Å²) in [6.07, 6.45) is 3.57. The number of aliphatic imine (C=N–C) groups is 1. The fourth-order valence-electron chi connectivity index (χ4n) is 3.56. The molecule has 0 radical (unpaired) electrons. The molecule has 4 rings (SSSR count). The van der Waals surface area contributed by atoms with E-state index in [0.717, 1.165) is 26.2 Å². The van der Waals surface area contributed by atoms with Gasteiger partial charge in [-0.1, -0.05) is 64.8 Å². The number of benzene rings is 1. The number of rotatable bonds is 6. The van der Waals surface area contributed by atoms with Gasteiger partial charge in [0.2, 0.25) is 0 Å². The van der Waals surface area contributed by atoms with Crippen LogP contribution in [-0.2, 0) is 17.1 Å². The standard InChI is InChI=1S/C22H20Cl2N4OS3/c1-12-4-6-15(7-5-12)19-18(14(3)29)13(2)27-22(30-11-17-9-26-21(24)32-17)28(19)10-16-8-25-20(23)31-16/h4-9,19H,10-11H2,1-3H3. The zero-order chi connectivity index (χ0) is 22.8. The zero-order valence-corrected chi connectivity index (χ0v) is 21.6. The molecule has 10 heteroatoms. The largest absolute Gasteiger partial charge is 0.335 e. The Balaban J connectivity index is 1.76. The Kier molecular flexibility index (Phi) is 7.37. The quantitative estimate of drug-likeness (QED) is 0.351. The highest BCUT2D eigenvalue weighted by atomic mass is 35.5. The van der Waals surface area contributed by atoms with E-state index in [4.69, 9.17) is 28.2 Å². The van der Waals surface area contributed by atoms with Gasteiger partial charge in [-0.2, -0.15) is 0 Å². The van der Waals surface area contributed by atoms with Gasteiger partial charge in [0, 0.05) is 39.2 Å². The SMILES string of the molecule is CC(=O)C1=C(C)N=C(SCc2cnc(Cl)s2)N(Cc2cnc(Cl)s2)C1c1ccc(C)cc1. The predicted octanol–water partition coefficient (Wildman–Crippen LogP) is 6.92. The van der Waals surface area contributed by atoms with Gasteiger partial charge in [0.1, 0.15) is 0 Å². The van der Waals surface area contributed by atoms with E-state index in [9.17, 15) is 4.79 Å². The maximum atomic E-state index is 12.7. The third-order valence-corrected chi connectivity index (χ3v) is 8.41. The molecule has 1 aromatic carbocycles. The lowest BCUT2D eigenvalue weighted by Crippen LogP contribution is -2.38. The van der Waals surface area contributed by atoms with Crippen molar-refractivity contribution in [3.8, 4) is 0 Å². The van der Waals surface area contributed by atoms with Crippen LogP contribution in [0.2, 0.25) is 8.93 Å². The van der Waals surface area contributed by atoms with E-state index < -0.39 is 0 Å². The van der Waals surface area contributed by atoms with Crippen LogP contribution in [0.1, 0.15) is 40.8 Å². The van der Waals surface area contributed by atoms with Crippen molar-refractivity contribution < 1.29 is 4.79 Å². The molecule has 1 atom stereocenters. The topological polar surface area (TPSA) is 58.5 Å². The summed E-state index contributed by atoms with van der Waals surface area (Å²) in [6.45, 7) is 6.11. The van der Waals surface area contributed by atoms with Crippen molar-refractivity contribution >= 4 is 68.6 Å². The molecular weight excluding hydrogens is 503 g/mol. The Morgan fingerprint density at radius 2 is 1.69 bits per heavy atom. The number of thiazole rings is 2. The Bertz CT molecular complexity index is 1200. The molecule has 32 heavy (non-hydrogen) atoms. The first-order chi connectivity index (χ1) is 15.3. The van der Waals surface area contributed by atoms with E-state index >= 15 is 0 Å². The molecule has 166 valence electrons. The van der Waals surface area contributed by atoms with E-state index in [-0.39, 0.29) is 11.8 Å². The molecule has 0 spiro atoms. The number of Topliss-reactive ketones (excluding diaryl/α,β-unsaturated/α-hetero) is 1. The van der Waals surface area contributed by atoms with Crippen molar-refractivity contribution in [1.29, 1.82) is 0 Å². The summed E-state index contributed by atoms with van der Waals surface area (Å²) in [7, 11) is 0. The van der Waals surface area contributed by atoms with Gasteiger partial charge in [0.15, 0.2) is 19.9 Å². The zero-order valence-electron chi connectivity index (χ0n) is 17.6. The maximum absolute atomic E-state index is 12.7. The van der Waals surface area contributed by atoms with Crippen LogP contribution in [0, 0.1) is 6.92 Å². The Morgan fingerprint density at radius 3 is 2.25 bits per heavy atom. The molecule has 3 heterocycles. The molecule has 0 N–H and O–H groups in total. The number of amidine groups is 1. The fourth-order valence-corrected chi connectivity index (χ4v) is 6.61. The predicted molar refractivity (Wildman–Crippen MR) is 136 cm³/mol. The highest BCUT2D eigenvalue weighted by Crippen LogP contribution is 2.40. The number of carbonyl (C=O) groups is 1. The van der Waals surface area contributed by atoms with Gasteiger partial charge < -0.3 is 4.90 Å². The molecule has 5 nitrogen and oxygen atoms in total. The van der Waals surface area contributed by atoms with Gasteiger partial charge >= 0.3 is 0 Å². The fraction of sp³-hybridized carbons (Fsp3) is 0.273. The van der Waals surface area contributed by atoms with Crippen molar-refractivity contribution in [2.75, 3.05) is 0 Å². The average Bonchev–Trinajstić information content (AvgIpc) is 3.35. The van der Waals surface area contributed by atoms with Gasteiger partial charge in [-0.25, -0.2) is 15.0 Å². The molecule has 1 unspecified atom stereocenters. The third kappa shape index (κ3) is 5.26. The summed E-state index contributed by atoms with van der Waals surface area (Å²) >= 11 is 16.6. The van der Waals surface area contributed by atoms with Crippen molar-refractivity contribution in [2.24, 2.45) is 4.99 Å². The number of thioether (sulfide) groups is 1. The van der Waals surface area contributed by atoms with E-state index in [2.05, 4.69) is 46.1 Å². The number of hydrogen-bond donors (Lipinski definition) is 0. The number of nitrogens with zero attached hydrogens (tertiary/aromatic N) is 4. The van der Waals surface area contributed by atoms with Crippen LogP contribution in [0.3, 0.4) is 0 Å². The number of hydrogen-bond acceptors (Lipinski definition) is 8. The Labute approximate surface area is 209 Å². The van der Waals surface area contributed by atoms with E-state index in [1.165, 1.54) is 28.2 Å². The molecule has 0 bridgehead atoms. The van der Waals surface area contributed by atoms with Crippen molar-refractivity contribution in [2.45, 2.75) is 39.1 Å². The summed E-state index contributed by atoms with van der Waals surface area (Å²) in [5, 5.41) is 0.840. The molecular formula is C22H20Cl2N4OS3. The van der Waals surface area contributed by atoms with Crippen LogP contribution in [0.25, 0.3) is 0 Å². The molecule has 2 aromatic heterocycles. The van der Waals surface area contributed by atoms with E-state index in [1.807, 2.05) is 6.92 Å². The Morgan fingerprint density at radius 1 is 1.06 bits per heavy atom. The lowest BCUT2D eigenvalue weighted by atomic mass is 9.91. The summed E-state index contributed by atoms with van der Waals surface area (Å²) in [5.41, 5.74) is 3.66. The van der Waals surface area contributed by atoms with E-state index in [0.29, 0.717) is 26.8 Å². The molecule has 1 aliphatic rings. The highest BCUT2D eigenvalue weighted by Gasteiger charge is 2.35. The molecule has 0 saturated heterocycles. The smallest absolute Gasteiger partial charge is 0.183 e. The summed E-state index contributed by atoms with van der Waals surface area (Å²) in [6, 6.07) is 8.06. The average molecular weight is 524 g/mol. The second-order valence-electron chi connectivity index (χ2n) is 7.34. The van der Waals surface area contributed by atoms with Gasteiger partial charge in [-0.05, 0) is 26.3 Å². The maximum Gasteiger partial charge on any atom is 0.183 e. The van der Waals surface area contributed by atoms with Crippen LogP contribution >= 0.6 is 57.6 Å². The van der Waals surface area contributed by atoms with Crippen LogP contribution in [0.5, 0.6) is 0 Å². The first-order valence-electron chi connectivity index (χ1n) is 9.78. The number of halogens is 2. The van der Waals surface area contributed by atoms with Gasteiger partial charge in [-0.3, -0.25) is 4.79 Å². The molecule has 0 amide bonds. The minimum Gasteiger partial charge on any atom is -0.335 e. The first kappa shape index (κ1) is 23.4. The molecule has 1 aliphatic heterocycles. The summed E-state index contributed by atoms with van der Waals surface area (Å²) in [4.78, 5) is 30.2. The van der Waals surface area contributed by atoms with Crippen LogP contribution in [-0.4, -0.2) is 25.8 Å². The minimum absolute atomic E-state index is 0.0162. The molecule has 3 aromatic rings. The van der Waals surface area contributed by atoms with Crippen molar-refractivity contribution in [3.05, 3.63) is 77.7 Å². The van der Waals surface area contributed by atoms with Crippen molar-refractivity contribution in [1.82, 2.24) is 14.9 Å². The first-order valence-corrected chi connectivity index (χ1v) is 13.2. The lowest BCUT2D eigenvalue weighted by Gasteiger charge is -2.38. The van der Waals surface area contributed by atoms with Crippen LogP contribution < -0.4 is 0 Å². The number of aryl methyl sites for hydroxylation is 1. The number of carbonyl (C=O) groups excluding carboxylic acids is 1. The summed E-state index contributed by atoms with van der Waals surface area (Å²) < 4.78 is 1.02. The number of ketones is 1. The number of allylic oxidation sites excluding steroid dienone is 1. The van der Waals surface area contributed by atoms with Gasteiger partial charge in [0.25, 0.3) is 0 Å². The summed E-state index contributed by atoms with van der Waals surface area (Å²) in [5.74, 6) is 0.703. The monoisotopic (exact) mass is 522 g/mol.